The number of anilines is 1. The van der Waals surface area contributed by atoms with Gasteiger partial charge in [-0.05, 0) is 30.7 Å². The Labute approximate surface area is 164 Å². The van der Waals surface area contributed by atoms with E-state index >= 15 is 0 Å². The third-order valence-corrected chi connectivity index (χ3v) is 4.32. The molecule has 0 aliphatic carbocycles. The molecule has 29 heavy (non-hydrogen) atoms. The van der Waals surface area contributed by atoms with Crippen molar-refractivity contribution in [3.63, 3.8) is 0 Å². The van der Waals surface area contributed by atoms with E-state index in [1.54, 1.807) is 30.5 Å². The van der Waals surface area contributed by atoms with Gasteiger partial charge >= 0.3 is 5.69 Å². The minimum absolute atomic E-state index is 0.0137. The van der Waals surface area contributed by atoms with Crippen LogP contribution in [-0.4, -0.2) is 24.8 Å². The standard InChI is InChI=1S/C19H16N6O4/c1-12-13(5-4-6-14(12)20)18-21-19(29-23-18)15-9-10-24(22-15)11-28-17-8-3-2-7-16(17)25(26)27/h2-10H,11,20H2,1H3. The molecule has 10 nitrogen and oxygen atoms in total. The third kappa shape index (κ3) is 3.63. The highest BCUT2D eigenvalue weighted by atomic mass is 16.6. The number of aromatic nitrogens is 4. The lowest BCUT2D eigenvalue weighted by atomic mass is 10.1. The minimum Gasteiger partial charge on any atom is -0.464 e. The Hall–Kier alpha value is -4.21. The lowest BCUT2D eigenvalue weighted by molar-refractivity contribution is -0.386. The molecule has 2 aromatic heterocycles. The van der Waals surface area contributed by atoms with Gasteiger partial charge in [0.15, 0.2) is 18.2 Å². The van der Waals surface area contributed by atoms with Gasteiger partial charge in [0.25, 0.3) is 5.89 Å². The number of benzene rings is 2. The summed E-state index contributed by atoms with van der Waals surface area (Å²) in [5.74, 6) is 0.813. The number of hydrogen-bond donors (Lipinski definition) is 1. The molecule has 0 amide bonds. The van der Waals surface area contributed by atoms with Crippen LogP contribution in [0.15, 0.2) is 59.3 Å². The fourth-order valence-electron chi connectivity index (χ4n) is 2.75. The Morgan fingerprint density at radius 1 is 1.21 bits per heavy atom. The zero-order valence-electron chi connectivity index (χ0n) is 15.3. The Balaban J connectivity index is 1.51. The van der Waals surface area contributed by atoms with Crippen molar-refractivity contribution in [2.24, 2.45) is 0 Å². The first-order chi connectivity index (χ1) is 14.0. The van der Waals surface area contributed by atoms with Crippen molar-refractivity contribution in [3.8, 4) is 28.7 Å². The van der Waals surface area contributed by atoms with Crippen molar-refractivity contribution in [3.05, 3.63) is 70.4 Å². The summed E-state index contributed by atoms with van der Waals surface area (Å²) in [4.78, 5) is 14.9. The summed E-state index contributed by atoms with van der Waals surface area (Å²) >= 11 is 0. The predicted octanol–water partition coefficient (Wildman–Crippen LogP) is 3.44. The van der Waals surface area contributed by atoms with E-state index in [2.05, 4.69) is 15.2 Å². The van der Waals surface area contributed by atoms with Gasteiger partial charge in [0, 0.05) is 23.5 Å². The number of ether oxygens (including phenoxy) is 1. The van der Waals surface area contributed by atoms with Crippen molar-refractivity contribution < 1.29 is 14.2 Å². The van der Waals surface area contributed by atoms with Crippen molar-refractivity contribution >= 4 is 11.4 Å². The summed E-state index contributed by atoms with van der Waals surface area (Å²) in [7, 11) is 0. The van der Waals surface area contributed by atoms with Gasteiger partial charge in [0.1, 0.15) is 0 Å². The molecule has 0 aliphatic heterocycles. The first-order valence-corrected chi connectivity index (χ1v) is 8.62. The Bertz CT molecular complexity index is 1180. The van der Waals surface area contributed by atoms with Gasteiger partial charge in [0.2, 0.25) is 5.82 Å². The molecule has 0 radical (unpaired) electrons. The zero-order valence-corrected chi connectivity index (χ0v) is 15.3. The minimum atomic E-state index is -0.498. The van der Waals surface area contributed by atoms with Crippen LogP contribution in [0.3, 0.4) is 0 Å². The summed E-state index contributed by atoms with van der Waals surface area (Å²) in [6, 6.07) is 13.3. The molecule has 2 N–H and O–H groups in total. The van der Waals surface area contributed by atoms with Crippen LogP contribution in [0.2, 0.25) is 0 Å². The maximum atomic E-state index is 11.1. The number of rotatable bonds is 6. The van der Waals surface area contributed by atoms with Gasteiger partial charge < -0.3 is 15.0 Å². The summed E-state index contributed by atoms with van der Waals surface area (Å²) in [5, 5.41) is 19.4. The molecule has 0 saturated carbocycles. The quantitative estimate of drug-likeness (QED) is 0.299. The van der Waals surface area contributed by atoms with E-state index in [9.17, 15) is 10.1 Å². The van der Waals surface area contributed by atoms with E-state index in [4.69, 9.17) is 15.0 Å². The summed E-state index contributed by atoms with van der Waals surface area (Å²) in [5.41, 5.74) is 8.56. The number of hydrogen-bond acceptors (Lipinski definition) is 8. The monoisotopic (exact) mass is 392 g/mol. The zero-order chi connectivity index (χ0) is 20.4. The summed E-state index contributed by atoms with van der Waals surface area (Å²) in [6.45, 7) is 1.87. The average Bonchev–Trinajstić information content (AvgIpc) is 3.38. The van der Waals surface area contributed by atoms with Crippen molar-refractivity contribution in [2.75, 3.05) is 5.73 Å². The van der Waals surface area contributed by atoms with Crippen molar-refractivity contribution in [2.45, 2.75) is 13.7 Å². The second-order valence-electron chi connectivity index (χ2n) is 6.18. The summed E-state index contributed by atoms with van der Waals surface area (Å²) < 4.78 is 12.3. The van der Waals surface area contributed by atoms with Crippen LogP contribution in [0.5, 0.6) is 5.75 Å². The van der Waals surface area contributed by atoms with Crippen LogP contribution >= 0.6 is 0 Å². The molecular formula is C19H16N6O4. The lowest BCUT2D eigenvalue weighted by Crippen LogP contribution is -2.07. The number of nitrogen functional groups attached to an aromatic ring is 1. The van der Waals surface area contributed by atoms with Crippen LogP contribution in [0, 0.1) is 17.0 Å². The van der Waals surface area contributed by atoms with Gasteiger partial charge in [0.05, 0.1) is 4.92 Å². The van der Waals surface area contributed by atoms with E-state index in [0.29, 0.717) is 17.2 Å². The molecule has 0 atom stereocenters. The van der Waals surface area contributed by atoms with E-state index in [1.807, 2.05) is 19.1 Å². The van der Waals surface area contributed by atoms with E-state index in [1.165, 1.54) is 16.8 Å². The van der Waals surface area contributed by atoms with Crippen LogP contribution in [0.1, 0.15) is 5.56 Å². The van der Waals surface area contributed by atoms with E-state index < -0.39 is 4.92 Å². The molecule has 0 bridgehead atoms. The number of nitrogens with two attached hydrogens (primary N) is 1. The fraction of sp³-hybridized carbons (Fsp3) is 0.105. The first kappa shape index (κ1) is 18.2. The maximum Gasteiger partial charge on any atom is 0.311 e. The van der Waals surface area contributed by atoms with Crippen molar-refractivity contribution in [1.82, 2.24) is 19.9 Å². The molecular weight excluding hydrogens is 376 g/mol. The molecule has 4 rings (SSSR count). The van der Waals surface area contributed by atoms with Crippen LogP contribution < -0.4 is 10.5 Å². The molecule has 2 heterocycles. The maximum absolute atomic E-state index is 11.1. The summed E-state index contributed by atoms with van der Waals surface area (Å²) in [6.07, 6.45) is 1.65. The second-order valence-corrected chi connectivity index (χ2v) is 6.18. The average molecular weight is 392 g/mol. The third-order valence-electron chi connectivity index (χ3n) is 4.32. The number of nitro groups is 1. The highest BCUT2D eigenvalue weighted by Crippen LogP contribution is 2.28. The molecule has 0 aliphatic rings. The molecule has 10 heteroatoms. The molecule has 0 unspecified atom stereocenters. The van der Waals surface area contributed by atoms with Gasteiger partial charge in [-0.1, -0.05) is 29.4 Å². The second kappa shape index (κ2) is 7.43. The number of para-hydroxylation sites is 2. The first-order valence-electron chi connectivity index (χ1n) is 8.62. The highest BCUT2D eigenvalue weighted by molar-refractivity contribution is 5.68. The van der Waals surface area contributed by atoms with Crippen molar-refractivity contribution in [1.29, 1.82) is 0 Å². The van der Waals surface area contributed by atoms with Gasteiger partial charge in [-0.2, -0.15) is 10.1 Å². The van der Waals surface area contributed by atoms with Crippen LogP contribution in [-0.2, 0) is 6.73 Å². The smallest absolute Gasteiger partial charge is 0.311 e. The molecule has 0 fully saturated rings. The SMILES string of the molecule is Cc1c(N)cccc1-c1noc(-c2ccn(COc3ccccc3[N+](=O)[O-])n2)n1. The molecule has 0 saturated heterocycles. The Kier molecular flexibility index (Phi) is 4.65. The molecule has 146 valence electrons. The number of nitro benzene ring substituents is 1. The van der Waals surface area contributed by atoms with Gasteiger partial charge in [-0.3, -0.25) is 10.1 Å². The lowest BCUT2D eigenvalue weighted by Gasteiger charge is -2.06. The van der Waals surface area contributed by atoms with Crippen LogP contribution in [0.25, 0.3) is 23.0 Å². The predicted molar refractivity (Wildman–Crippen MR) is 104 cm³/mol. The normalized spacial score (nSPS) is 10.8. The highest BCUT2D eigenvalue weighted by Gasteiger charge is 2.16. The van der Waals surface area contributed by atoms with Gasteiger partial charge in [-0.15, -0.1) is 0 Å². The number of nitrogens with zero attached hydrogens (tertiary/aromatic N) is 5. The molecule has 2 aromatic carbocycles. The van der Waals surface area contributed by atoms with Crippen LogP contribution in [0.4, 0.5) is 11.4 Å². The topological polar surface area (TPSA) is 135 Å². The van der Waals surface area contributed by atoms with Gasteiger partial charge in [-0.25, -0.2) is 4.68 Å². The molecule has 4 aromatic rings. The largest absolute Gasteiger partial charge is 0.464 e. The van der Waals surface area contributed by atoms with E-state index in [0.717, 1.165) is 11.1 Å². The van der Waals surface area contributed by atoms with E-state index in [-0.39, 0.29) is 24.1 Å². The Morgan fingerprint density at radius 2 is 2.03 bits per heavy atom. The fourth-order valence-corrected chi connectivity index (χ4v) is 2.75. The molecule has 0 spiro atoms. The Morgan fingerprint density at radius 3 is 2.86 bits per heavy atom.